The second-order valence-corrected chi connectivity index (χ2v) is 7.40. The number of piperidine rings is 1. The number of nitrogen functional groups attached to an aromatic ring is 1. The maximum absolute atomic E-state index is 12.1. The lowest BCUT2D eigenvalue weighted by molar-refractivity contribution is -0.135. The van der Waals surface area contributed by atoms with E-state index in [1.165, 1.54) is 0 Å². The maximum atomic E-state index is 12.1. The number of aromatic nitrogens is 2. The van der Waals surface area contributed by atoms with Gasteiger partial charge in [0.15, 0.2) is 0 Å². The van der Waals surface area contributed by atoms with Crippen LogP contribution in [0.3, 0.4) is 0 Å². The molecule has 0 spiro atoms. The monoisotopic (exact) mass is 347 g/mol. The van der Waals surface area contributed by atoms with Crippen LogP contribution in [0.2, 0.25) is 0 Å². The summed E-state index contributed by atoms with van der Waals surface area (Å²) >= 11 is 0. The highest BCUT2D eigenvalue weighted by atomic mass is 16.5. The van der Waals surface area contributed by atoms with E-state index in [2.05, 4.69) is 15.3 Å². The number of hydrogen-bond acceptors (Lipinski definition) is 6. The predicted molar refractivity (Wildman–Crippen MR) is 97.3 cm³/mol. The summed E-state index contributed by atoms with van der Waals surface area (Å²) in [6.45, 7) is 7.95. The normalized spacial score (nSPS) is 21.7. The molecule has 0 bridgehead atoms. The quantitative estimate of drug-likeness (QED) is 0.844. The Labute approximate surface area is 149 Å². The Balaban J connectivity index is 1.51. The molecule has 138 valence electrons. The van der Waals surface area contributed by atoms with Gasteiger partial charge in [0.2, 0.25) is 11.9 Å². The van der Waals surface area contributed by atoms with Gasteiger partial charge >= 0.3 is 0 Å². The summed E-state index contributed by atoms with van der Waals surface area (Å²) in [6, 6.07) is 1.99. The standard InChI is InChI=1S/C18H29N5O2/c1-12(2)17(24)23-6-3-13(4-7-23)10-20-16-9-15(21-18(19)22-16)14-5-8-25-11-14/h9,12-14H,3-8,10-11H2,1-2H3,(H3,19,20,21,22)/t14-/m0/s1. The van der Waals surface area contributed by atoms with Gasteiger partial charge in [-0.05, 0) is 25.2 Å². The van der Waals surface area contributed by atoms with E-state index in [-0.39, 0.29) is 11.8 Å². The van der Waals surface area contributed by atoms with Gasteiger partial charge in [-0.25, -0.2) is 4.98 Å². The second-order valence-electron chi connectivity index (χ2n) is 7.40. The number of carbonyl (C=O) groups excluding carboxylic acids is 1. The van der Waals surface area contributed by atoms with Crippen LogP contribution in [0.25, 0.3) is 0 Å². The van der Waals surface area contributed by atoms with Crippen molar-refractivity contribution < 1.29 is 9.53 Å². The van der Waals surface area contributed by atoms with Gasteiger partial charge in [-0.2, -0.15) is 4.98 Å². The van der Waals surface area contributed by atoms with Crippen molar-refractivity contribution in [2.45, 2.75) is 39.0 Å². The number of nitrogens with two attached hydrogens (primary N) is 1. The number of anilines is 2. The largest absolute Gasteiger partial charge is 0.381 e. The van der Waals surface area contributed by atoms with Crippen LogP contribution in [-0.2, 0) is 9.53 Å². The minimum Gasteiger partial charge on any atom is -0.381 e. The van der Waals surface area contributed by atoms with Crippen molar-refractivity contribution >= 4 is 17.7 Å². The van der Waals surface area contributed by atoms with Crippen molar-refractivity contribution in [1.82, 2.24) is 14.9 Å². The van der Waals surface area contributed by atoms with Gasteiger partial charge in [-0.1, -0.05) is 13.8 Å². The first-order valence-electron chi connectivity index (χ1n) is 9.27. The van der Waals surface area contributed by atoms with Gasteiger partial charge in [-0.15, -0.1) is 0 Å². The smallest absolute Gasteiger partial charge is 0.225 e. The van der Waals surface area contributed by atoms with Crippen molar-refractivity contribution in [1.29, 1.82) is 0 Å². The van der Waals surface area contributed by atoms with Crippen molar-refractivity contribution in [3.8, 4) is 0 Å². The molecule has 0 radical (unpaired) electrons. The van der Waals surface area contributed by atoms with E-state index in [1.807, 2.05) is 24.8 Å². The predicted octanol–water partition coefficient (Wildman–Crippen LogP) is 1.87. The molecule has 2 aliphatic heterocycles. The van der Waals surface area contributed by atoms with Crippen LogP contribution < -0.4 is 11.1 Å². The Hall–Kier alpha value is -1.89. The van der Waals surface area contributed by atoms with E-state index < -0.39 is 0 Å². The summed E-state index contributed by atoms with van der Waals surface area (Å²) in [7, 11) is 0. The van der Waals surface area contributed by atoms with E-state index in [4.69, 9.17) is 10.5 Å². The number of amides is 1. The van der Waals surface area contributed by atoms with Crippen LogP contribution in [0.5, 0.6) is 0 Å². The maximum Gasteiger partial charge on any atom is 0.225 e. The molecule has 1 aromatic heterocycles. The number of ether oxygens (including phenoxy) is 1. The van der Waals surface area contributed by atoms with Gasteiger partial charge in [0.05, 0.1) is 12.3 Å². The van der Waals surface area contributed by atoms with E-state index in [0.29, 0.717) is 24.4 Å². The Morgan fingerprint density at radius 1 is 1.36 bits per heavy atom. The molecule has 7 heteroatoms. The molecule has 2 fully saturated rings. The first kappa shape index (κ1) is 17.9. The summed E-state index contributed by atoms with van der Waals surface area (Å²) in [5.74, 6) is 2.30. The molecule has 0 saturated carbocycles. The van der Waals surface area contributed by atoms with Crippen LogP contribution in [0.4, 0.5) is 11.8 Å². The van der Waals surface area contributed by atoms with Gasteiger partial charge in [-0.3, -0.25) is 4.79 Å². The molecular formula is C18H29N5O2. The molecule has 0 aliphatic carbocycles. The number of nitrogens with one attached hydrogen (secondary N) is 1. The van der Waals surface area contributed by atoms with Gasteiger partial charge in [0.1, 0.15) is 5.82 Å². The Kier molecular flexibility index (Phi) is 5.73. The third kappa shape index (κ3) is 4.60. The average Bonchev–Trinajstić information content (AvgIpc) is 3.14. The summed E-state index contributed by atoms with van der Waals surface area (Å²) in [4.78, 5) is 22.7. The molecule has 2 aliphatic rings. The fourth-order valence-electron chi connectivity index (χ4n) is 3.52. The Morgan fingerprint density at radius 2 is 2.12 bits per heavy atom. The minimum atomic E-state index is 0.0802. The van der Waals surface area contributed by atoms with Crippen molar-refractivity contribution in [2.24, 2.45) is 11.8 Å². The van der Waals surface area contributed by atoms with Crippen LogP contribution in [0, 0.1) is 11.8 Å². The topological polar surface area (TPSA) is 93.4 Å². The van der Waals surface area contributed by atoms with Crippen LogP contribution >= 0.6 is 0 Å². The molecular weight excluding hydrogens is 318 g/mol. The lowest BCUT2D eigenvalue weighted by Crippen LogP contribution is -2.41. The van der Waals surface area contributed by atoms with Gasteiger partial charge < -0.3 is 20.7 Å². The van der Waals surface area contributed by atoms with Crippen molar-refractivity contribution in [2.75, 3.05) is 43.9 Å². The third-order valence-electron chi connectivity index (χ3n) is 5.10. The Bertz CT molecular complexity index is 593. The summed E-state index contributed by atoms with van der Waals surface area (Å²) in [5, 5.41) is 3.41. The highest BCUT2D eigenvalue weighted by Gasteiger charge is 2.24. The SMILES string of the molecule is CC(C)C(=O)N1CCC(CNc2cc([C@H]3CCOC3)nc(N)n2)CC1. The molecule has 25 heavy (non-hydrogen) atoms. The molecule has 1 atom stereocenters. The third-order valence-corrected chi connectivity index (χ3v) is 5.10. The van der Waals surface area contributed by atoms with Crippen molar-refractivity contribution in [3.63, 3.8) is 0 Å². The van der Waals surface area contributed by atoms with E-state index >= 15 is 0 Å². The first-order valence-corrected chi connectivity index (χ1v) is 9.27. The zero-order chi connectivity index (χ0) is 17.8. The fourth-order valence-corrected chi connectivity index (χ4v) is 3.52. The van der Waals surface area contributed by atoms with Crippen LogP contribution in [0.15, 0.2) is 6.07 Å². The lowest BCUT2D eigenvalue weighted by Gasteiger charge is -2.33. The van der Waals surface area contributed by atoms with Crippen LogP contribution in [0.1, 0.15) is 44.7 Å². The zero-order valence-corrected chi connectivity index (χ0v) is 15.2. The number of hydrogen-bond donors (Lipinski definition) is 2. The molecule has 3 rings (SSSR count). The number of likely N-dealkylation sites (tertiary alicyclic amines) is 1. The average molecular weight is 347 g/mol. The number of carbonyl (C=O) groups is 1. The summed E-state index contributed by atoms with van der Waals surface area (Å²) in [5.41, 5.74) is 6.83. The second kappa shape index (κ2) is 7.99. The van der Waals surface area contributed by atoms with E-state index in [0.717, 1.165) is 57.0 Å². The fraction of sp³-hybridized carbons (Fsp3) is 0.722. The van der Waals surface area contributed by atoms with E-state index in [9.17, 15) is 4.79 Å². The molecule has 1 amide bonds. The molecule has 0 aromatic carbocycles. The molecule has 1 aromatic rings. The van der Waals surface area contributed by atoms with Gasteiger partial charge in [0, 0.05) is 44.1 Å². The summed E-state index contributed by atoms with van der Waals surface area (Å²) < 4.78 is 5.44. The number of rotatable bonds is 5. The van der Waals surface area contributed by atoms with E-state index in [1.54, 1.807) is 0 Å². The van der Waals surface area contributed by atoms with Crippen molar-refractivity contribution in [3.05, 3.63) is 11.8 Å². The highest BCUT2D eigenvalue weighted by molar-refractivity contribution is 5.78. The molecule has 3 heterocycles. The molecule has 7 nitrogen and oxygen atoms in total. The zero-order valence-electron chi connectivity index (χ0n) is 15.2. The summed E-state index contributed by atoms with van der Waals surface area (Å²) in [6.07, 6.45) is 3.03. The molecule has 3 N–H and O–H groups in total. The highest BCUT2D eigenvalue weighted by Crippen LogP contribution is 2.26. The first-order chi connectivity index (χ1) is 12.0. The van der Waals surface area contributed by atoms with Gasteiger partial charge in [0.25, 0.3) is 0 Å². The lowest BCUT2D eigenvalue weighted by atomic mass is 9.96. The Morgan fingerprint density at radius 3 is 2.76 bits per heavy atom. The molecule has 0 unspecified atom stereocenters. The molecule has 2 saturated heterocycles. The minimum absolute atomic E-state index is 0.0802. The van der Waals surface area contributed by atoms with Crippen LogP contribution in [-0.4, -0.2) is 53.6 Å². The number of nitrogens with zero attached hydrogens (tertiary/aromatic N) is 3.